The Balaban J connectivity index is 1.58. The Hall–Kier alpha value is -3.46. The van der Waals surface area contributed by atoms with Crippen LogP contribution >= 0.6 is 11.3 Å². The molecule has 2 amide bonds. The molecule has 9 heteroatoms. The first-order valence-electron chi connectivity index (χ1n) is 11.1. The standard InChI is InChI=1S/C25H30N4O4S/c1-5-17(2)29(23(31)15-18-9-11-20(32-3)12-10-18)14-13-22(30)26-25-28-27-24(34-25)19-7-6-8-21(16-19)33-4/h6-12,16-17H,5,13-15H2,1-4H3,(H,26,28,30). The third-order valence-electron chi connectivity index (χ3n) is 5.53. The summed E-state index contributed by atoms with van der Waals surface area (Å²) in [5.41, 5.74) is 1.77. The number of benzene rings is 2. The SMILES string of the molecule is CCC(C)N(CCC(=O)Nc1nnc(-c2cccc(OC)c2)s1)C(=O)Cc1ccc(OC)cc1. The first kappa shape index (κ1) is 25.2. The highest BCUT2D eigenvalue weighted by Crippen LogP contribution is 2.28. The number of hydrogen-bond donors (Lipinski definition) is 1. The predicted molar refractivity (Wildman–Crippen MR) is 133 cm³/mol. The van der Waals surface area contributed by atoms with Crippen LogP contribution in [0.3, 0.4) is 0 Å². The minimum Gasteiger partial charge on any atom is -0.497 e. The van der Waals surface area contributed by atoms with Gasteiger partial charge >= 0.3 is 0 Å². The summed E-state index contributed by atoms with van der Waals surface area (Å²) in [4.78, 5) is 27.3. The number of anilines is 1. The van der Waals surface area contributed by atoms with Crippen molar-refractivity contribution >= 4 is 28.3 Å². The van der Waals surface area contributed by atoms with Gasteiger partial charge in [-0.3, -0.25) is 9.59 Å². The Morgan fingerprint density at radius 1 is 1.06 bits per heavy atom. The molecule has 0 fully saturated rings. The zero-order chi connectivity index (χ0) is 24.5. The molecule has 0 aliphatic carbocycles. The van der Waals surface area contributed by atoms with E-state index < -0.39 is 0 Å². The van der Waals surface area contributed by atoms with Gasteiger partial charge in [0.25, 0.3) is 0 Å². The van der Waals surface area contributed by atoms with Crippen LogP contribution in [0, 0.1) is 0 Å². The molecule has 1 unspecified atom stereocenters. The highest BCUT2D eigenvalue weighted by Gasteiger charge is 2.21. The van der Waals surface area contributed by atoms with Crippen LogP contribution in [-0.4, -0.2) is 53.7 Å². The number of aromatic nitrogens is 2. The Morgan fingerprint density at radius 3 is 2.47 bits per heavy atom. The molecule has 2 aromatic carbocycles. The van der Waals surface area contributed by atoms with Crippen LogP contribution in [0.2, 0.25) is 0 Å². The average Bonchev–Trinajstić information content (AvgIpc) is 3.32. The fraction of sp³-hybridized carbons (Fsp3) is 0.360. The Kier molecular flexibility index (Phi) is 8.98. The number of ether oxygens (including phenoxy) is 2. The third-order valence-corrected chi connectivity index (χ3v) is 6.41. The fourth-order valence-electron chi connectivity index (χ4n) is 3.38. The third kappa shape index (κ3) is 6.77. The lowest BCUT2D eigenvalue weighted by Crippen LogP contribution is -2.41. The molecule has 3 rings (SSSR count). The zero-order valence-corrected chi connectivity index (χ0v) is 20.7. The van der Waals surface area contributed by atoms with Crippen molar-refractivity contribution in [3.63, 3.8) is 0 Å². The lowest BCUT2D eigenvalue weighted by molar-refractivity contribution is -0.133. The van der Waals surface area contributed by atoms with Crippen molar-refractivity contribution in [1.29, 1.82) is 0 Å². The molecule has 0 saturated carbocycles. The zero-order valence-electron chi connectivity index (χ0n) is 19.9. The molecule has 1 heterocycles. The lowest BCUT2D eigenvalue weighted by atomic mass is 10.1. The van der Waals surface area contributed by atoms with E-state index in [0.717, 1.165) is 29.0 Å². The first-order valence-corrected chi connectivity index (χ1v) is 11.9. The molecule has 8 nitrogen and oxygen atoms in total. The van der Waals surface area contributed by atoms with Crippen LogP contribution in [0.5, 0.6) is 11.5 Å². The smallest absolute Gasteiger partial charge is 0.227 e. The Morgan fingerprint density at radius 2 is 1.79 bits per heavy atom. The van der Waals surface area contributed by atoms with Gasteiger partial charge in [0.2, 0.25) is 16.9 Å². The van der Waals surface area contributed by atoms with Crippen LogP contribution in [0.1, 0.15) is 32.3 Å². The molecule has 0 radical (unpaired) electrons. The monoisotopic (exact) mass is 482 g/mol. The first-order chi connectivity index (χ1) is 16.4. The number of hydrogen-bond acceptors (Lipinski definition) is 7. The van der Waals surface area contributed by atoms with Gasteiger partial charge in [0.15, 0.2) is 0 Å². The second kappa shape index (κ2) is 12.1. The summed E-state index contributed by atoms with van der Waals surface area (Å²) in [5, 5.41) is 12.1. The van der Waals surface area contributed by atoms with Crippen LogP contribution in [0.15, 0.2) is 48.5 Å². The molecule has 180 valence electrons. The molecule has 0 saturated heterocycles. The van der Waals surface area contributed by atoms with Gasteiger partial charge in [-0.15, -0.1) is 10.2 Å². The molecule has 0 aliphatic heterocycles. The van der Waals surface area contributed by atoms with Crippen molar-refractivity contribution in [2.24, 2.45) is 0 Å². The van der Waals surface area contributed by atoms with E-state index >= 15 is 0 Å². The largest absolute Gasteiger partial charge is 0.497 e. The van der Waals surface area contributed by atoms with Crippen molar-refractivity contribution in [3.8, 4) is 22.1 Å². The van der Waals surface area contributed by atoms with Crippen LogP contribution < -0.4 is 14.8 Å². The number of rotatable bonds is 11. The number of amides is 2. The second-order valence-corrected chi connectivity index (χ2v) is 8.79. The van der Waals surface area contributed by atoms with Gasteiger partial charge < -0.3 is 19.7 Å². The van der Waals surface area contributed by atoms with E-state index in [4.69, 9.17) is 9.47 Å². The van der Waals surface area contributed by atoms with Gasteiger partial charge in [0.05, 0.1) is 20.6 Å². The number of methoxy groups -OCH3 is 2. The summed E-state index contributed by atoms with van der Waals surface area (Å²) in [5.74, 6) is 1.25. The van der Waals surface area contributed by atoms with Crippen molar-refractivity contribution < 1.29 is 19.1 Å². The van der Waals surface area contributed by atoms with E-state index in [1.807, 2.05) is 62.4 Å². The van der Waals surface area contributed by atoms with Gasteiger partial charge in [-0.2, -0.15) is 0 Å². The Bertz CT molecular complexity index is 1100. The molecule has 0 spiro atoms. The maximum atomic E-state index is 13.0. The van der Waals surface area contributed by atoms with E-state index in [1.165, 1.54) is 11.3 Å². The minimum atomic E-state index is -0.209. The van der Waals surface area contributed by atoms with Gasteiger partial charge in [-0.05, 0) is 43.2 Å². The molecule has 1 aromatic heterocycles. The molecule has 34 heavy (non-hydrogen) atoms. The molecule has 3 aromatic rings. The van der Waals surface area contributed by atoms with Gasteiger partial charge in [0, 0.05) is 24.6 Å². The minimum absolute atomic E-state index is 0.0106. The number of carbonyl (C=O) groups is 2. The number of nitrogens with one attached hydrogen (secondary N) is 1. The fourth-order valence-corrected chi connectivity index (χ4v) is 4.14. The van der Waals surface area contributed by atoms with Crippen molar-refractivity contribution in [2.75, 3.05) is 26.1 Å². The van der Waals surface area contributed by atoms with E-state index in [1.54, 1.807) is 19.1 Å². The van der Waals surface area contributed by atoms with Crippen molar-refractivity contribution in [1.82, 2.24) is 15.1 Å². The normalized spacial score (nSPS) is 11.5. The van der Waals surface area contributed by atoms with E-state index in [-0.39, 0.29) is 30.7 Å². The van der Waals surface area contributed by atoms with Gasteiger partial charge in [-0.1, -0.05) is 42.5 Å². The van der Waals surface area contributed by atoms with Crippen molar-refractivity contribution in [3.05, 3.63) is 54.1 Å². The predicted octanol–water partition coefficient (Wildman–Crippen LogP) is 4.42. The highest BCUT2D eigenvalue weighted by molar-refractivity contribution is 7.18. The number of nitrogens with zero attached hydrogens (tertiary/aromatic N) is 3. The van der Waals surface area contributed by atoms with E-state index in [9.17, 15) is 9.59 Å². The molecule has 1 N–H and O–H groups in total. The van der Waals surface area contributed by atoms with Gasteiger partial charge in [0.1, 0.15) is 16.5 Å². The van der Waals surface area contributed by atoms with E-state index in [2.05, 4.69) is 15.5 Å². The topological polar surface area (TPSA) is 93.7 Å². The summed E-state index contributed by atoms with van der Waals surface area (Å²) >= 11 is 1.29. The molecular formula is C25H30N4O4S. The highest BCUT2D eigenvalue weighted by atomic mass is 32.1. The Labute approximate surface area is 203 Å². The summed E-state index contributed by atoms with van der Waals surface area (Å²) in [6.07, 6.45) is 1.25. The van der Waals surface area contributed by atoms with Gasteiger partial charge in [-0.25, -0.2) is 0 Å². The van der Waals surface area contributed by atoms with Crippen LogP contribution in [0.25, 0.3) is 10.6 Å². The summed E-state index contributed by atoms with van der Waals surface area (Å²) in [7, 11) is 3.21. The summed E-state index contributed by atoms with van der Waals surface area (Å²) < 4.78 is 10.4. The summed E-state index contributed by atoms with van der Waals surface area (Å²) in [6, 6.07) is 15.0. The second-order valence-electron chi connectivity index (χ2n) is 7.81. The van der Waals surface area contributed by atoms with Crippen LogP contribution in [-0.2, 0) is 16.0 Å². The molecule has 1 atom stereocenters. The van der Waals surface area contributed by atoms with Crippen LogP contribution in [0.4, 0.5) is 5.13 Å². The van der Waals surface area contributed by atoms with E-state index in [0.29, 0.717) is 16.7 Å². The average molecular weight is 483 g/mol. The molecule has 0 aliphatic rings. The maximum Gasteiger partial charge on any atom is 0.227 e. The van der Waals surface area contributed by atoms with Crippen molar-refractivity contribution in [2.45, 2.75) is 39.2 Å². The molecule has 0 bridgehead atoms. The number of carbonyl (C=O) groups excluding carboxylic acids is 2. The quantitative estimate of drug-likeness (QED) is 0.435. The summed E-state index contributed by atoms with van der Waals surface area (Å²) in [6.45, 7) is 4.35. The maximum absolute atomic E-state index is 13.0. The lowest BCUT2D eigenvalue weighted by Gasteiger charge is -2.28. The molecular weight excluding hydrogens is 452 g/mol.